The van der Waals surface area contributed by atoms with E-state index in [1.165, 1.54) is 0 Å². The Balaban J connectivity index is 2.43. The van der Waals surface area contributed by atoms with Gasteiger partial charge in [-0.25, -0.2) is 0 Å². The summed E-state index contributed by atoms with van der Waals surface area (Å²) in [6.07, 6.45) is 1.70. The number of carbonyl (C=O) groups is 1. The quantitative estimate of drug-likeness (QED) is 0.724. The monoisotopic (exact) mass is 381 g/mol. The van der Waals surface area contributed by atoms with Crippen LogP contribution < -0.4 is 4.74 Å². The molecule has 1 aromatic rings. The Morgan fingerprint density at radius 2 is 2.04 bits per heavy atom. The minimum atomic E-state index is -0.225. The lowest BCUT2D eigenvalue weighted by molar-refractivity contribution is -0.151. The fraction of sp³-hybridized carbons (Fsp3) is 0.667. The normalized spacial score (nSPS) is 18.6. The molecule has 26 heavy (non-hydrogen) atoms. The van der Waals surface area contributed by atoms with Crippen LogP contribution in [-0.4, -0.2) is 37.1 Å². The van der Waals surface area contributed by atoms with Crippen LogP contribution in [0.1, 0.15) is 63.8 Å². The zero-order chi connectivity index (χ0) is 19.6. The molecular weight excluding hydrogens is 350 g/mol. The smallest absolute Gasteiger partial charge is 0.248 e. The molecule has 0 aromatic heterocycles. The van der Waals surface area contributed by atoms with Gasteiger partial charge in [-0.3, -0.25) is 4.79 Å². The number of benzene rings is 1. The van der Waals surface area contributed by atoms with Crippen molar-refractivity contribution < 1.29 is 14.3 Å². The van der Waals surface area contributed by atoms with E-state index in [0.717, 1.165) is 40.3 Å². The van der Waals surface area contributed by atoms with Gasteiger partial charge in [0.2, 0.25) is 5.91 Å². The summed E-state index contributed by atoms with van der Waals surface area (Å²) in [7, 11) is 1.70. The predicted octanol–water partition coefficient (Wildman–Crippen LogP) is 4.94. The van der Waals surface area contributed by atoms with Crippen LogP contribution in [-0.2, 0) is 16.0 Å². The van der Waals surface area contributed by atoms with Crippen molar-refractivity contribution in [1.29, 1.82) is 0 Å². The first kappa shape index (κ1) is 21.0. The molecule has 0 spiro atoms. The van der Waals surface area contributed by atoms with Gasteiger partial charge in [-0.15, -0.1) is 0 Å². The maximum Gasteiger partial charge on any atom is 0.248 e. The highest BCUT2D eigenvalue weighted by Gasteiger charge is 2.33. The van der Waals surface area contributed by atoms with Gasteiger partial charge in [0.25, 0.3) is 0 Å². The maximum absolute atomic E-state index is 12.1. The van der Waals surface area contributed by atoms with E-state index in [1.54, 1.807) is 7.11 Å². The third-order valence-corrected chi connectivity index (χ3v) is 5.38. The van der Waals surface area contributed by atoms with Crippen LogP contribution in [0.3, 0.4) is 0 Å². The number of rotatable bonds is 5. The van der Waals surface area contributed by atoms with E-state index in [2.05, 4.69) is 20.8 Å². The molecule has 1 unspecified atom stereocenters. The lowest BCUT2D eigenvalue weighted by Crippen LogP contribution is -2.46. The molecule has 1 atom stereocenters. The highest BCUT2D eigenvalue weighted by atomic mass is 35.5. The number of carbonyl (C=O) groups excluding carboxylic acids is 1. The van der Waals surface area contributed by atoms with Crippen molar-refractivity contribution in [2.75, 3.05) is 20.3 Å². The summed E-state index contributed by atoms with van der Waals surface area (Å²) in [6, 6.07) is 2.15. The fourth-order valence-corrected chi connectivity index (χ4v) is 3.62. The number of nitrogens with zero attached hydrogens (tertiary/aromatic N) is 1. The summed E-state index contributed by atoms with van der Waals surface area (Å²) < 4.78 is 11.7. The van der Waals surface area contributed by atoms with Crippen molar-refractivity contribution in [3.05, 3.63) is 27.8 Å². The Bertz CT molecular complexity index is 664. The highest BCUT2D eigenvalue weighted by Crippen LogP contribution is 2.40. The Morgan fingerprint density at radius 3 is 2.58 bits per heavy atom. The number of methoxy groups -OCH3 is 1. The lowest BCUT2D eigenvalue weighted by Gasteiger charge is -2.37. The van der Waals surface area contributed by atoms with Gasteiger partial charge < -0.3 is 14.4 Å². The zero-order valence-corrected chi connectivity index (χ0v) is 17.9. The average Bonchev–Trinajstić information content (AvgIpc) is 2.55. The van der Waals surface area contributed by atoms with Crippen molar-refractivity contribution in [2.24, 2.45) is 5.41 Å². The second kappa shape index (κ2) is 8.18. The van der Waals surface area contributed by atoms with Crippen molar-refractivity contribution in [2.45, 2.75) is 66.5 Å². The Morgan fingerprint density at radius 1 is 1.38 bits per heavy atom. The molecule has 2 rings (SSSR count). The molecule has 1 saturated heterocycles. The lowest BCUT2D eigenvalue weighted by atomic mass is 9.87. The van der Waals surface area contributed by atoms with Crippen LogP contribution in [0.2, 0.25) is 5.02 Å². The van der Waals surface area contributed by atoms with Gasteiger partial charge in [0.05, 0.1) is 13.7 Å². The first-order valence-corrected chi connectivity index (χ1v) is 9.70. The number of morpholine rings is 1. The summed E-state index contributed by atoms with van der Waals surface area (Å²) in [6.45, 7) is 13.3. The van der Waals surface area contributed by atoms with Crippen LogP contribution in [0.25, 0.3) is 0 Å². The van der Waals surface area contributed by atoms with E-state index in [-0.39, 0.29) is 30.1 Å². The fourth-order valence-electron chi connectivity index (χ4n) is 3.38. The number of halogens is 1. The van der Waals surface area contributed by atoms with E-state index >= 15 is 0 Å². The van der Waals surface area contributed by atoms with Crippen LogP contribution in [0, 0.1) is 12.3 Å². The second-order valence-corrected chi connectivity index (χ2v) is 9.00. The van der Waals surface area contributed by atoms with Gasteiger partial charge in [-0.2, -0.15) is 0 Å². The first-order chi connectivity index (χ1) is 12.0. The average molecular weight is 382 g/mol. The largest absolute Gasteiger partial charge is 0.496 e. The van der Waals surface area contributed by atoms with Crippen LogP contribution in [0.4, 0.5) is 0 Å². The molecule has 0 radical (unpaired) electrons. The summed E-state index contributed by atoms with van der Waals surface area (Å²) in [5.41, 5.74) is 3.27. The SMILES string of the molecule is COc1c(CCC(C)(C)C)cc(Cl)c(C)c1C1CN(C(C)C)C(=O)CO1. The number of amides is 1. The predicted molar refractivity (Wildman–Crippen MR) is 106 cm³/mol. The maximum atomic E-state index is 12.1. The molecular formula is C21H32ClNO3. The van der Waals surface area contributed by atoms with Crippen molar-refractivity contribution in [1.82, 2.24) is 4.90 Å². The number of aryl methyl sites for hydroxylation is 1. The van der Waals surface area contributed by atoms with Gasteiger partial charge >= 0.3 is 0 Å². The minimum Gasteiger partial charge on any atom is -0.496 e. The highest BCUT2D eigenvalue weighted by molar-refractivity contribution is 6.31. The molecule has 4 nitrogen and oxygen atoms in total. The molecule has 146 valence electrons. The summed E-state index contributed by atoms with van der Waals surface area (Å²) in [4.78, 5) is 14.0. The van der Waals surface area contributed by atoms with Gasteiger partial charge in [-0.1, -0.05) is 32.4 Å². The molecule has 0 N–H and O–H groups in total. The first-order valence-electron chi connectivity index (χ1n) is 9.32. The van der Waals surface area contributed by atoms with E-state index in [9.17, 15) is 4.79 Å². The molecule has 1 amide bonds. The standard InChI is InChI=1S/C21H32ClNO3/c1-13(2)23-11-17(26-12-18(23)24)19-14(3)16(22)10-15(20(19)25-7)8-9-21(4,5)6/h10,13,17H,8-9,11-12H2,1-7H3. The minimum absolute atomic E-state index is 0.0304. The third kappa shape index (κ3) is 4.72. The second-order valence-electron chi connectivity index (χ2n) is 8.59. The Kier molecular flexibility index (Phi) is 6.62. The van der Waals surface area contributed by atoms with E-state index in [4.69, 9.17) is 21.1 Å². The van der Waals surface area contributed by atoms with Crippen LogP contribution in [0.15, 0.2) is 6.07 Å². The van der Waals surface area contributed by atoms with Gasteiger partial charge in [0.15, 0.2) is 0 Å². The molecule has 1 aromatic carbocycles. The molecule has 1 fully saturated rings. The molecule has 0 bridgehead atoms. The topological polar surface area (TPSA) is 38.8 Å². The third-order valence-electron chi connectivity index (χ3n) is 4.98. The Hall–Kier alpha value is -1.26. The van der Waals surface area contributed by atoms with Crippen molar-refractivity contribution >= 4 is 17.5 Å². The summed E-state index contributed by atoms with van der Waals surface area (Å²) in [5.74, 6) is 0.877. The zero-order valence-electron chi connectivity index (χ0n) is 17.1. The number of hydrogen-bond acceptors (Lipinski definition) is 3. The van der Waals surface area contributed by atoms with Crippen LogP contribution in [0.5, 0.6) is 5.75 Å². The molecule has 5 heteroatoms. The Labute approximate surface area is 162 Å². The molecule has 1 heterocycles. The van der Waals surface area contributed by atoms with Gasteiger partial charge in [0, 0.05) is 16.6 Å². The molecule has 1 aliphatic rings. The molecule has 1 aliphatic heterocycles. The van der Waals surface area contributed by atoms with E-state index < -0.39 is 0 Å². The van der Waals surface area contributed by atoms with Crippen LogP contribution >= 0.6 is 11.6 Å². The van der Waals surface area contributed by atoms with Crippen molar-refractivity contribution in [3.63, 3.8) is 0 Å². The summed E-state index contributed by atoms with van der Waals surface area (Å²) >= 11 is 6.55. The van der Waals surface area contributed by atoms with Gasteiger partial charge in [0.1, 0.15) is 18.5 Å². The molecule has 0 saturated carbocycles. The number of hydrogen-bond donors (Lipinski definition) is 0. The molecule has 0 aliphatic carbocycles. The van der Waals surface area contributed by atoms with E-state index in [1.807, 2.05) is 31.7 Å². The van der Waals surface area contributed by atoms with Gasteiger partial charge in [-0.05, 0) is 56.2 Å². The van der Waals surface area contributed by atoms with Crippen molar-refractivity contribution in [3.8, 4) is 5.75 Å². The number of ether oxygens (including phenoxy) is 2. The van der Waals surface area contributed by atoms with E-state index in [0.29, 0.717) is 6.54 Å². The summed E-state index contributed by atoms with van der Waals surface area (Å²) in [5, 5.41) is 0.723.